The van der Waals surface area contributed by atoms with E-state index in [2.05, 4.69) is 10.1 Å². The highest BCUT2D eigenvalue weighted by molar-refractivity contribution is 5.91. The van der Waals surface area contributed by atoms with Crippen molar-refractivity contribution in [3.05, 3.63) is 41.0 Å². The molecule has 104 valence electrons. The second kappa shape index (κ2) is 4.96. The number of hydrogen-bond acceptors (Lipinski definition) is 5. The summed E-state index contributed by atoms with van der Waals surface area (Å²) in [4.78, 5) is 15.4. The molecule has 6 nitrogen and oxygen atoms in total. The first-order valence-corrected chi connectivity index (χ1v) is 6.42. The summed E-state index contributed by atoms with van der Waals surface area (Å²) in [5.74, 6) is 0.776. The number of aryl methyl sites for hydroxylation is 1. The van der Waals surface area contributed by atoms with Crippen LogP contribution in [0.1, 0.15) is 46.4 Å². The van der Waals surface area contributed by atoms with Crippen molar-refractivity contribution in [1.82, 2.24) is 10.1 Å². The van der Waals surface area contributed by atoms with Crippen molar-refractivity contribution in [1.29, 1.82) is 0 Å². The van der Waals surface area contributed by atoms with Crippen LogP contribution in [0.25, 0.3) is 0 Å². The van der Waals surface area contributed by atoms with Gasteiger partial charge in [0, 0.05) is 5.92 Å². The monoisotopic (exact) mass is 274 g/mol. The summed E-state index contributed by atoms with van der Waals surface area (Å²) in [6.45, 7) is 1.90. The Bertz CT molecular complexity index is 646. The van der Waals surface area contributed by atoms with E-state index in [4.69, 9.17) is 14.4 Å². The minimum atomic E-state index is -1.02. The first-order valence-electron chi connectivity index (χ1n) is 6.42. The van der Waals surface area contributed by atoms with E-state index >= 15 is 0 Å². The van der Waals surface area contributed by atoms with Gasteiger partial charge in [-0.1, -0.05) is 16.8 Å². The van der Waals surface area contributed by atoms with Gasteiger partial charge in [0.15, 0.2) is 12.4 Å². The van der Waals surface area contributed by atoms with E-state index in [0.717, 1.165) is 18.4 Å². The molecule has 0 spiro atoms. The molecule has 1 saturated carbocycles. The predicted octanol–water partition coefficient (Wildman–Crippen LogP) is 2.53. The molecule has 20 heavy (non-hydrogen) atoms. The van der Waals surface area contributed by atoms with Crippen molar-refractivity contribution in [2.45, 2.75) is 32.3 Å². The number of benzene rings is 1. The van der Waals surface area contributed by atoms with E-state index in [1.54, 1.807) is 18.2 Å². The number of carboxylic acid groups (broad SMARTS) is 1. The van der Waals surface area contributed by atoms with E-state index in [9.17, 15) is 4.79 Å². The Morgan fingerprint density at radius 1 is 1.50 bits per heavy atom. The van der Waals surface area contributed by atoms with E-state index in [-0.39, 0.29) is 12.2 Å². The molecule has 0 bridgehead atoms. The Labute approximate surface area is 115 Å². The van der Waals surface area contributed by atoms with E-state index in [0.29, 0.717) is 23.4 Å². The van der Waals surface area contributed by atoms with Gasteiger partial charge in [-0.3, -0.25) is 0 Å². The number of carbonyl (C=O) groups is 1. The SMILES string of the molecule is Cc1ccc(OCc2nc(C3CC3)no2)c(C(=O)O)c1. The highest BCUT2D eigenvalue weighted by Crippen LogP contribution is 2.38. The van der Waals surface area contributed by atoms with Gasteiger partial charge in [0.2, 0.25) is 0 Å². The standard InChI is InChI=1S/C14H14N2O4/c1-8-2-5-11(10(6-8)14(17)18)19-7-12-15-13(16-20-12)9-3-4-9/h2,5-6,9H,3-4,7H2,1H3,(H,17,18). The van der Waals surface area contributed by atoms with Gasteiger partial charge in [-0.05, 0) is 31.9 Å². The Hall–Kier alpha value is -2.37. The molecule has 1 heterocycles. The molecule has 0 saturated heterocycles. The van der Waals surface area contributed by atoms with Crippen LogP contribution in [0.15, 0.2) is 22.7 Å². The van der Waals surface area contributed by atoms with Crippen LogP contribution in [0.2, 0.25) is 0 Å². The fourth-order valence-electron chi connectivity index (χ4n) is 1.91. The molecule has 0 aliphatic heterocycles. The molecule has 1 aliphatic rings. The summed E-state index contributed by atoms with van der Waals surface area (Å²) in [6.07, 6.45) is 2.20. The van der Waals surface area contributed by atoms with Gasteiger partial charge >= 0.3 is 5.97 Å². The fourth-order valence-corrected chi connectivity index (χ4v) is 1.91. The zero-order chi connectivity index (χ0) is 14.1. The third-order valence-electron chi connectivity index (χ3n) is 3.14. The van der Waals surface area contributed by atoms with Crippen LogP contribution < -0.4 is 4.74 Å². The maximum Gasteiger partial charge on any atom is 0.339 e. The van der Waals surface area contributed by atoms with Crippen LogP contribution in [0.5, 0.6) is 5.75 Å². The van der Waals surface area contributed by atoms with Crippen LogP contribution in [-0.4, -0.2) is 21.2 Å². The Morgan fingerprint density at radius 2 is 2.30 bits per heavy atom. The quantitative estimate of drug-likeness (QED) is 0.901. The highest BCUT2D eigenvalue weighted by Gasteiger charge is 2.28. The van der Waals surface area contributed by atoms with Crippen LogP contribution in [0.4, 0.5) is 0 Å². The first-order chi connectivity index (χ1) is 9.63. The minimum Gasteiger partial charge on any atom is -0.483 e. The maximum atomic E-state index is 11.2. The molecule has 0 unspecified atom stereocenters. The molecule has 0 radical (unpaired) electrons. The normalized spacial score (nSPS) is 14.2. The van der Waals surface area contributed by atoms with Gasteiger partial charge in [0.25, 0.3) is 5.89 Å². The van der Waals surface area contributed by atoms with Crippen molar-refractivity contribution < 1.29 is 19.2 Å². The van der Waals surface area contributed by atoms with Gasteiger partial charge in [-0.15, -0.1) is 0 Å². The lowest BCUT2D eigenvalue weighted by molar-refractivity contribution is 0.0691. The Balaban J connectivity index is 1.72. The van der Waals surface area contributed by atoms with Gasteiger partial charge in [-0.25, -0.2) is 4.79 Å². The van der Waals surface area contributed by atoms with Gasteiger partial charge in [-0.2, -0.15) is 4.98 Å². The molecule has 1 fully saturated rings. The lowest BCUT2D eigenvalue weighted by Crippen LogP contribution is -2.04. The third kappa shape index (κ3) is 2.64. The topological polar surface area (TPSA) is 85.5 Å². The van der Waals surface area contributed by atoms with Crippen LogP contribution in [0.3, 0.4) is 0 Å². The van der Waals surface area contributed by atoms with E-state index in [1.807, 2.05) is 6.92 Å². The summed E-state index contributed by atoms with van der Waals surface area (Å²) in [6, 6.07) is 5.00. The first kappa shape index (κ1) is 12.7. The number of aromatic carboxylic acids is 1. The third-order valence-corrected chi connectivity index (χ3v) is 3.14. The largest absolute Gasteiger partial charge is 0.483 e. The van der Waals surface area contributed by atoms with Gasteiger partial charge in [0.05, 0.1) is 0 Å². The summed E-state index contributed by atoms with van der Waals surface area (Å²) >= 11 is 0. The maximum absolute atomic E-state index is 11.2. The minimum absolute atomic E-state index is 0.0725. The molecule has 1 aromatic heterocycles. The Morgan fingerprint density at radius 3 is 3.00 bits per heavy atom. The molecule has 2 aromatic rings. The zero-order valence-electron chi connectivity index (χ0n) is 11.0. The second-order valence-corrected chi connectivity index (χ2v) is 4.91. The number of nitrogens with zero attached hydrogens (tertiary/aromatic N) is 2. The number of hydrogen-bond donors (Lipinski definition) is 1. The van der Waals surface area contributed by atoms with Crippen LogP contribution in [-0.2, 0) is 6.61 Å². The Kier molecular flexibility index (Phi) is 3.14. The molecule has 0 amide bonds. The van der Waals surface area contributed by atoms with E-state index < -0.39 is 5.97 Å². The lowest BCUT2D eigenvalue weighted by atomic mass is 10.1. The molecule has 1 N–H and O–H groups in total. The average Bonchev–Trinajstić information content (AvgIpc) is 3.17. The molecular weight excluding hydrogens is 260 g/mol. The van der Waals surface area contributed by atoms with Crippen LogP contribution >= 0.6 is 0 Å². The summed E-state index contributed by atoms with van der Waals surface area (Å²) in [7, 11) is 0. The molecule has 3 rings (SSSR count). The summed E-state index contributed by atoms with van der Waals surface area (Å²) in [5.41, 5.74) is 0.996. The van der Waals surface area contributed by atoms with Crippen molar-refractivity contribution in [3.8, 4) is 5.75 Å². The summed E-state index contributed by atoms with van der Waals surface area (Å²) in [5, 5.41) is 13.0. The molecule has 1 aromatic carbocycles. The zero-order valence-corrected chi connectivity index (χ0v) is 11.0. The number of aromatic nitrogens is 2. The highest BCUT2D eigenvalue weighted by atomic mass is 16.5. The fraction of sp³-hybridized carbons (Fsp3) is 0.357. The van der Waals surface area contributed by atoms with Gasteiger partial charge in [0.1, 0.15) is 11.3 Å². The number of rotatable bonds is 5. The van der Waals surface area contributed by atoms with Crippen molar-refractivity contribution in [2.75, 3.05) is 0 Å². The lowest BCUT2D eigenvalue weighted by Gasteiger charge is -2.07. The smallest absolute Gasteiger partial charge is 0.339 e. The number of ether oxygens (including phenoxy) is 1. The van der Waals surface area contributed by atoms with Crippen molar-refractivity contribution >= 4 is 5.97 Å². The van der Waals surface area contributed by atoms with Crippen molar-refractivity contribution in [2.24, 2.45) is 0 Å². The number of carboxylic acids is 1. The van der Waals surface area contributed by atoms with Crippen molar-refractivity contribution in [3.63, 3.8) is 0 Å². The second-order valence-electron chi connectivity index (χ2n) is 4.91. The van der Waals surface area contributed by atoms with E-state index in [1.165, 1.54) is 0 Å². The average molecular weight is 274 g/mol. The molecule has 0 atom stereocenters. The summed E-state index contributed by atoms with van der Waals surface area (Å²) < 4.78 is 10.6. The molecular formula is C14H14N2O4. The van der Waals surface area contributed by atoms with Gasteiger partial charge < -0.3 is 14.4 Å². The predicted molar refractivity (Wildman–Crippen MR) is 68.7 cm³/mol. The molecule has 6 heteroatoms. The molecule has 1 aliphatic carbocycles. The van der Waals surface area contributed by atoms with Crippen LogP contribution in [0, 0.1) is 6.92 Å².